The predicted octanol–water partition coefficient (Wildman–Crippen LogP) is 3.44. The number of primary amides is 1. The highest BCUT2D eigenvalue weighted by atomic mass is 32.2. The molecule has 1 aromatic heterocycles. The fraction of sp³-hybridized carbons (Fsp3) is 0.438. The average Bonchev–Trinajstić information content (AvgIpc) is 3.03. The minimum absolute atomic E-state index is 0.361. The Morgan fingerprint density at radius 2 is 1.91 bits per heavy atom. The quantitative estimate of drug-likeness (QED) is 0.854. The van der Waals surface area contributed by atoms with Crippen molar-refractivity contribution in [3.63, 3.8) is 0 Å². The topological polar surface area (TPSA) is 82.0 Å². The Hall–Kier alpha value is -1.82. The molecule has 5 nitrogen and oxygen atoms in total. The minimum Gasteiger partial charge on any atom is -0.416 e. The number of hydrogen-bond donors (Lipinski definition) is 1. The molecule has 22 heavy (non-hydrogen) atoms. The number of benzene rings is 1. The molecule has 1 aliphatic carbocycles. The van der Waals surface area contributed by atoms with Gasteiger partial charge < -0.3 is 10.2 Å². The van der Waals surface area contributed by atoms with E-state index in [1.54, 1.807) is 0 Å². The molecular weight excluding hydrogens is 298 g/mol. The molecule has 0 radical (unpaired) electrons. The van der Waals surface area contributed by atoms with E-state index in [-0.39, 0.29) is 0 Å². The number of carbonyl (C=O) groups is 1. The Morgan fingerprint density at radius 3 is 2.59 bits per heavy atom. The number of rotatable bonds is 5. The van der Waals surface area contributed by atoms with Gasteiger partial charge in [0.05, 0.1) is 0 Å². The summed E-state index contributed by atoms with van der Waals surface area (Å²) >= 11 is 1.22. The second kappa shape index (κ2) is 6.96. The normalized spacial score (nSPS) is 17.3. The molecule has 2 aromatic rings. The number of nitrogens with two attached hydrogens (primary N) is 1. The van der Waals surface area contributed by atoms with Crippen molar-refractivity contribution in [2.24, 2.45) is 5.73 Å². The predicted molar refractivity (Wildman–Crippen MR) is 84.4 cm³/mol. The molecule has 3 rings (SSSR count). The fourth-order valence-corrected chi connectivity index (χ4v) is 3.63. The molecule has 0 aliphatic heterocycles. The summed E-state index contributed by atoms with van der Waals surface area (Å²) in [5.41, 5.74) is 6.36. The van der Waals surface area contributed by atoms with Crippen LogP contribution in [0.3, 0.4) is 0 Å². The van der Waals surface area contributed by atoms with Gasteiger partial charge in [-0.05, 0) is 30.2 Å². The van der Waals surface area contributed by atoms with Gasteiger partial charge in [0.2, 0.25) is 11.8 Å². The summed E-state index contributed by atoms with van der Waals surface area (Å²) in [5, 5.41) is 8.13. The molecule has 0 spiro atoms. The first-order chi connectivity index (χ1) is 10.7. The van der Waals surface area contributed by atoms with Gasteiger partial charge in [-0.1, -0.05) is 49.6 Å². The van der Waals surface area contributed by atoms with E-state index in [1.165, 1.54) is 31.0 Å². The first-order valence-corrected chi connectivity index (χ1v) is 8.46. The lowest BCUT2D eigenvalue weighted by molar-refractivity contribution is -0.117. The van der Waals surface area contributed by atoms with Crippen LogP contribution in [0.5, 0.6) is 0 Å². The van der Waals surface area contributed by atoms with Crippen LogP contribution in [0.15, 0.2) is 40.0 Å². The molecular formula is C16H19N3O2S. The Bertz CT molecular complexity index is 623. The molecule has 1 amide bonds. The SMILES string of the molecule is NC(=O)C(Sc1nnc(C2CCCCC2)o1)c1ccccc1. The third-order valence-corrected chi connectivity index (χ3v) is 5.06. The Kier molecular flexibility index (Phi) is 4.77. The van der Waals surface area contributed by atoms with E-state index in [2.05, 4.69) is 10.2 Å². The molecule has 6 heteroatoms. The highest BCUT2D eigenvalue weighted by Crippen LogP contribution is 2.37. The van der Waals surface area contributed by atoms with Crippen molar-refractivity contribution in [2.75, 3.05) is 0 Å². The second-order valence-electron chi connectivity index (χ2n) is 5.55. The molecule has 1 atom stereocenters. The Labute approximate surface area is 133 Å². The van der Waals surface area contributed by atoms with Gasteiger partial charge in [-0.2, -0.15) is 0 Å². The molecule has 1 unspecified atom stereocenters. The van der Waals surface area contributed by atoms with E-state index in [0.29, 0.717) is 17.0 Å². The van der Waals surface area contributed by atoms with Crippen LogP contribution in [0.1, 0.15) is 54.7 Å². The molecule has 1 heterocycles. The van der Waals surface area contributed by atoms with Crippen LogP contribution in [-0.2, 0) is 4.79 Å². The maximum atomic E-state index is 11.7. The summed E-state index contributed by atoms with van der Waals surface area (Å²) in [4.78, 5) is 11.7. The van der Waals surface area contributed by atoms with Crippen LogP contribution in [-0.4, -0.2) is 16.1 Å². The van der Waals surface area contributed by atoms with E-state index in [4.69, 9.17) is 10.2 Å². The van der Waals surface area contributed by atoms with Gasteiger partial charge in [0.1, 0.15) is 5.25 Å². The molecule has 2 N–H and O–H groups in total. The summed E-state index contributed by atoms with van der Waals surface area (Å²) < 4.78 is 5.76. The summed E-state index contributed by atoms with van der Waals surface area (Å²) in [5.74, 6) is 0.645. The van der Waals surface area contributed by atoms with Crippen molar-refractivity contribution in [1.82, 2.24) is 10.2 Å². The molecule has 0 bridgehead atoms. The van der Waals surface area contributed by atoms with Crippen LogP contribution < -0.4 is 5.73 Å². The molecule has 1 aliphatic rings. The van der Waals surface area contributed by atoms with Gasteiger partial charge >= 0.3 is 0 Å². The average molecular weight is 317 g/mol. The molecule has 1 saturated carbocycles. The van der Waals surface area contributed by atoms with E-state index in [9.17, 15) is 4.79 Å². The maximum Gasteiger partial charge on any atom is 0.277 e. The van der Waals surface area contributed by atoms with Crippen molar-refractivity contribution < 1.29 is 9.21 Å². The van der Waals surface area contributed by atoms with Gasteiger partial charge in [-0.3, -0.25) is 4.79 Å². The van der Waals surface area contributed by atoms with Crippen LogP contribution in [0.2, 0.25) is 0 Å². The van der Waals surface area contributed by atoms with Crippen molar-refractivity contribution in [3.05, 3.63) is 41.8 Å². The maximum absolute atomic E-state index is 11.7. The summed E-state index contributed by atoms with van der Waals surface area (Å²) in [6.07, 6.45) is 5.91. The lowest BCUT2D eigenvalue weighted by Gasteiger charge is -2.17. The third-order valence-electron chi connectivity index (χ3n) is 3.96. The zero-order valence-electron chi connectivity index (χ0n) is 12.3. The second-order valence-corrected chi connectivity index (χ2v) is 6.61. The standard InChI is InChI=1S/C16H19N3O2S/c17-14(20)13(11-7-3-1-4-8-11)22-16-19-18-15(21-16)12-9-5-2-6-10-12/h1,3-4,7-8,12-13H,2,5-6,9-10H2,(H2,17,20). The van der Waals surface area contributed by atoms with E-state index >= 15 is 0 Å². The molecule has 1 fully saturated rings. The Balaban J connectivity index is 1.73. The minimum atomic E-state index is -0.513. The first-order valence-electron chi connectivity index (χ1n) is 7.58. The number of carbonyl (C=O) groups excluding carboxylic acids is 1. The van der Waals surface area contributed by atoms with E-state index in [0.717, 1.165) is 18.4 Å². The monoisotopic (exact) mass is 317 g/mol. The lowest BCUT2D eigenvalue weighted by Crippen LogP contribution is -2.18. The smallest absolute Gasteiger partial charge is 0.277 e. The number of aromatic nitrogens is 2. The van der Waals surface area contributed by atoms with Gasteiger partial charge in [0, 0.05) is 5.92 Å². The van der Waals surface area contributed by atoms with Crippen molar-refractivity contribution in [2.45, 2.75) is 48.5 Å². The summed E-state index contributed by atoms with van der Waals surface area (Å²) in [7, 11) is 0. The largest absolute Gasteiger partial charge is 0.416 e. The van der Waals surface area contributed by atoms with Crippen molar-refractivity contribution in [3.8, 4) is 0 Å². The highest BCUT2D eigenvalue weighted by Gasteiger charge is 2.25. The van der Waals surface area contributed by atoms with Crippen molar-refractivity contribution >= 4 is 17.7 Å². The van der Waals surface area contributed by atoms with Gasteiger partial charge in [0.15, 0.2) is 0 Å². The highest BCUT2D eigenvalue weighted by molar-refractivity contribution is 8.00. The number of thioether (sulfide) groups is 1. The van der Waals surface area contributed by atoms with Gasteiger partial charge in [0.25, 0.3) is 5.22 Å². The van der Waals surface area contributed by atoms with E-state index in [1.807, 2.05) is 30.3 Å². The van der Waals surface area contributed by atoms with Gasteiger partial charge in [-0.15, -0.1) is 10.2 Å². The number of hydrogen-bond acceptors (Lipinski definition) is 5. The first kappa shape index (κ1) is 15.1. The van der Waals surface area contributed by atoms with Crippen LogP contribution in [0, 0.1) is 0 Å². The molecule has 116 valence electrons. The van der Waals surface area contributed by atoms with Gasteiger partial charge in [-0.25, -0.2) is 0 Å². The number of amides is 1. The van der Waals surface area contributed by atoms with Crippen LogP contribution in [0.25, 0.3) is 0 Å². The summed E-state index contributed by atoms with van der Waals surface area (Å²) in [6, 6.07) is 9.42. The van der Waals surface area contributed by atoms with Crippen molar-refractivity contribution in [1.29, 1.82) is 0 Å². The zero-order chi connectivity index (χ0) is 15.4. The lowest BCUT2D eigenvalue weighted by atomic mass is 9.89. The molecule has 0 saturated heterocycles. The third kappa shape index (κ3) is 3.50. The fourth-order valence-electron chi connectivity index (χ4n) is 2.80. The Morgan fingerprint density at radius 1 is 1.18 bits per heavy atom. The number of nitrogens with zero attached hydrogens (tertiary/aromatic N) is 2. The van der Waals surface area contributed by atoms with Crippen LogP contribution in [0.4, 0.5) is 0 Å². The zero-order valence-corrected chi connectivity index (χ0v) is 13.1. The summed E-state index contributed by atoms with van der Waals surface area (Å²) in [6.45, 7) is 0. The van der Waals surface area contributed by atoms with E-state index < -0.39 is 11.2 Å². The van der Waals surface area contributed by atoms with Crippen LogP contribution >= 0.6 is 11.8 Å². The molecule has 1 aromatic carbocycles.